The van der Waals surface area contributed by atoms with Gasteiger partial charge in [0.15, 0.2) is 5.11 Å². The van der Waals surface area contributed by atoms with E-state index in [1.807, 2.05) is 42.5 Å². The summed E-state index contributed by atoms with van der Waals surface area (Å²) >= 11 is 17.4. The third kappa shape index (κ3) is 5.56. The van der Waals surface area contributed by atoms with Gasteiger partial charge >= 0.3 is 0 Å². The van der Waals surface area contributed by atoms with Crippen molar-refractivity contribution < 1.29 is 4.79 Å². The highest BCUT2D eigenvalue weighted by atomic mass is 35.5. The van der Waals surface area contributed by atoms with E-state index >= 15 is 0 Å². The maximum Gasteiger partial charge on any atom is 0.255 e. The van der Waals surface area contributed by atoms with Gasteiger partial charge in [-0.2, -0.15) is 0 Å². The Morgan fingerprint density at radius 2 is 1.93 bits per heavy atom. The van der Waals surface area contributed by atoms with Gasteiger partial charge in [0.2, 0.25) is 0 Å². The first-order valence-corrected chi connectivity index (χ1v) is 9.79. The lowest BCUT2D eigenvalue weighted by Gasteiger charge is -2.24. The van der Waals surface area contributed by atoms with Crippen molar-refractivity contribution in [1.29, 1.82) is 0 Å². The second-order valence-electron chi connectivity index (χ2n) is 6.30. The van der Waals surface area contributed by atoms with Gasteiger partial charge in [0.25, 0.3) is 5.91 Å². The number of carbonyl (C=O) groups excluding carboxylic acids is 1. The van der Waals surface area contributed by atoms with Crippen LogP contribution < -0.4 is 16.2 Å². The zero-order valence-corrected chi connectivity index (χ0v) is 16.9. The molecule has 2 aromatic rings. The van der Waals surface area contributed by atoms with E-state index in [0.717, 1.165) is 30.6 Å². The van der Waals surface area contributed by atoms with Gasteiger partial charge in [0.05, 0.1) is 6.04 Å². The number of rotatable bonds is 4. The SMILES string of the molecule is O=C(NNC(=S)Nc1ccccc1)[C@@H]1CCCN1Cc1ccc(Cl)cc1Cl. The summed E-state index contributed by atoms with van der Waals surface area (Å²) in [6.07, 6.45) is 1.74. The summed E-state index contributed by atoms with van der Waals surface area (Å²) in [6.45, 7) is 1.44. The topological polar surface area (TPSA) is 56.4 Å². The first-order chi connectivity index (χ1) is 13.0. The van der Waals surface area contributed by atoms with Crippen LogP contribution in [0.4, 0.5) is 5.69 Å². The van der Waals surface area contributed by atoms with Crippen molar-refractivity contribution in [2.24, 2.45) is 0 Å². The summed E-state index contributed by atoms with van der Waals surface area (Å²) in [7, 11) is 0. The van der Waals surface area contributed by atoms with Gasteiger partial charge in [-0.1, -0.05) is 47.5 Å². The molecule has 0 aromatic heterocycles. The van der Waals surface area contributed by atoms with E-state index < -0.39 is 0 Å². The van der Waals surface area contributed by atoms with E-state index in [4.69, 9.17) is 35.4 Å². The minimum atomic E-state index is -0.233. The predicted molar refractivity (Wildman–Crippen MR) is 114 cm³/mol. The highest BCUT2D eigenvalue weighted by Crippen LogP contribution is 2.26. The summed E-state index contributed by atoms with van der Waals surface area (Å²) in [6, 6.07) is 14.7. The first-order valence-electron chi connectivity index (χ1n) is 8.63. The highest BCUT2D eigenvalue weighted by molar-refractivity contribution is 7.80. The summed E-state index contributed by atoms with van der Waals surface area (Å²) in [5.41, 5.74) is 7.26. The summed E-state index contributed by atoms with van der Waals surface area (Å²) in [5, 5.41) is 4.56. The number of amides is 1. The largest absolute Gasteiger partial charge is 0.331 e. The molecule has 3 rings (SSSR count). The Morgan fingerprint density at radius 1 is 1.15 bits per heavy atom. The molecule has 1 amide bonds. The van der Waals surface area contributed by atoms with E-state index in [1.54, 1.807) is 6.07 Å². The monoisotopic (exact) mass is 422 g/mol. The van der Waals surface area contributed by atoms with E-state index in [1.165, 1.54) is 0 Å². The number of carbonyl (C=O) groups is 1. The van der Waals surface area contributed by atoms with Crippen LogP contribution in [0.15, 0.2) is 48.5 Å². The van der Waals surface area contributed by atoms with Gasteiger partial charge in [-0.15, -0.1) is 0 Å². The van der Waals surface area contributed by atoms with Crippen LogP contribution in [-0.4, -0.2) is 28.5 Å². The third-order valence-corrected chi connectivity index (χ3v) is 5.18. The van der Waals surface area contributed by atoms with Crippen LogP contribution in [-0.2, 0) is 11.3 Å². The Balaban J connectivity index is 1.53. The van der Waals surface area contributed by atoms with Crippen LogP contribution in [0.3, 0.4) is 0 Å². The van der Waals surface area contributed by atoms with Gasteiger partial charge in [-0.3, -0.25) is 20.5 Å². The van der Waals surface area contributed by atoms with Crippen LogP contribution in [0, 0.1) is 0 Å². The number of hydrogen-bond acceptors (Lipinski definition) is 3. The fourth-order valence-corrected chi connectivity index (χ4v) is 3.70. The van der Waals surface area contributed by atoms with Crippen molar-refractivity contribution in [3.8, 4) is 0 Å². The molecular weight excluding hydrogens is 403 g/mol. The smallest absolute Gasteiger partial charge is 0.255 e. The Morgan fingerprint density at radius 3 is 2.67 bits per heavy atom. The molecule has 1 aliphatic heterocycles. The molecule has 3 N–H and O–H groups in total. The Bertz CT molecular complexity index is 819. The van der Waals surface area contributed by atoms with Crippen molar-refractivity contribution in [2.45, 2.75) is 25.4 Å². The maximum absolute atomic E-state index is 12.6. The van der Waals surface area contributed by atoms with Crippen LogP contribution in [0.5, 0.6) is 0 Å². The predicted octanol–water partition coefficient (Wildman–Crippen LogP) is 3.98. The van der Waals surface area contributed by atoms with Gasteiger partial charge in [0.1, 0.15) is 0 Å². The molecule has 142 valence electrons. The molecule has 0 aliphatic carbocycles. The van der Waals surface area contributed by atoms with E-state index in [2.05, 4.69) is 21.1 Å². The number of hydrogen-bond donors (Lipinski definition) is 3. The number of halogens is 2. The zero-order valence-electron chi connectivity index (χ0n) is 14.5. The van der Waals surface area contributed by atoms with Crippen molar-refractivity contribution in [3.63, 3.8) is 0 Å². The van der Waals surface area contributed by atoms with Crippen LogP contribution in [0.1, 0.15) is 18.4 Å². The molecule has 1 saturated heterocycles. The number of likely N-dealkylation sites (tertiary alicyclic amines) is 1. The lowest BCUT2D eigenvalue weighted by atomic mass is 10.1. The lowest BCUT2D eigenvalue weighted by molar-refractivity contribution is -0.126. The summed E-state index contributed by atoms with van der Waals surface area (Å²) in [5.74, 6) is -0.116. The van der Waals surface area contributed by atoms with Gasteiger partial charge in [-0.05, 0) is 61.4 Å². The Hall–Kier alpha value is -1.86. The Labute approximate surface area is 174 Å². The number of nitrogens with one attached hydrogen (secondary N) is 3. The van der Waals surface area contributed by atoms with Crippen molar-refractivity contribution in [2.75, 3.05) is 11.9 Å². The molecule has 1 heterocycles. The fourth-order valence-electron chi connectivity index (χ4n) is 3.07. The molecule has 1 aliphatic rings. The number of para-hydroxylation sites is 1. The minimum Gasteiger partial charge on any atom is -0.331 e. The molecule has 5 nitrogen and oxygen atoms in total. The molecule has 1 atom stereocenters. The third-order valence-electron chi connectivity index (χ3n) is 4.39. The molecule has 0 unspecified atom stereocenters. The molecule has 1 fully saturated rings. The standard InChI is InChI=1S/C19H20Cl2N4OS/c20-14-9-8-13(16(21)11-14)12-25-10-4-7-17(25)18(26)23-24-19(27)22-15-5-2-1-3-6-15/h1-3,5-6,8-9,11,17H,4,7,10,12H2,(H,23,26)(H2,22,24,27)/t17-/m0/s1. The average Bonchev–Trinajstić information content (AvgIpc) is 3.11. The second kappa shape index (κ2) is 9.37. The number of hydrazine groups is 1. The fraction of sp³-hybridized carbons (Fsp3) is 0.263. The Kier molecular flexibility index (Phi) is 6.90. The maximum atomic E-state index is 12.6. The summed E-state index contributed by atoms with van der Waals surface area (Å²) in [4.78, 5) is 14.7. The molecule has 0 saturated carbocycles. The van der Waals surface area contributed by atoms with Crippen molar-refractivity contribution >= 4 is 52.1 Å². The van der Waals surface area contributed by atoms with Crippen LogP contribution in [0.2, 0.25) is 10.0 Å². The average molecular weight is 423 g/mol. The summed E-state index contributed by atoms with van der Waals surface area (Å²) < 4.78 is 0. The molecule has 27 heavy (non-hydrogen) atoms. The second-order valence-corrected chi connectivity index (χ2v) is 7.55. The highest BCUT2D eigenvalue weighted by Gasteiger charge is 2.31. The number of anilines is 1. The number of benzene rings is 2. The minimum absolute atomic E-state index is 0.116. The zero-order chi connectivity index (χ0) is 19.2. The molecule has 0 spiro atoms. The van der Waals surface area contributed by atoms with Crippen LogP contribution >= 0.6 is 35.4 Å². The molecule has 2 aromatic carbocycles. The molecule has 0 radical (unpaired) electrons. The van der Waals surface area contributed by atoms with Gasteiger partial charge < -0.3 is 5.32 Å². The van der Waals surface area contributed by atoms with Gasteiger partial charge in [-0.25, -0.2) is 0 Å². The number of thiocarbonyl (C=S) groups is 1. The van der Waals surface area contributed by atoms with Crippen molar-refractivity contribution in [1.82, 2.24) is 15.8 Å². The normalized spacial score (nSPS) is 16.7. The van der Waals surface area contributed by atoms with E-state index in [0.29, 0.717) is 21.7 Å². The molecule has 0 bridgehead atoms. The quantitative estimate of drug-likeness (QED) is 0.513. The van der Waals surface area contributed by atoms with Gasteiger partial charge in [0, 0.05) is 22.3 Å². The lowest BCUT2D eigenvalue weighted by Crippen LogP contribution is -2.51. The van der Waals surface area contributed by atoms with E-state index in [-0.39, 0.29) is 11.9 Å². The van der Waals surface area contributed by atoms with Crippen LogP contribution in [0.25, 0.3) is 0 Å². The first kappa shape index (κ1) is 19.9. The molecule has 8 heteroatoms. The molecular formula is C19H20Cl2N4OS. The number of nitrogens with zero attached hydrogens (tertiary/aromatic N) is 1. The van der Waals surface area contributed by atoms with Crippen molar-refractivity contribution in [3.05, 3.63) is 64.1 Å². The van der Waals surface area contributed by atoms with E-state index in [9.17, 15) is 4.79 Å².